The van der Waals surface area contributed by atoms with Crippen molar-refractivity contribution >= 4 is 5.91 Å². The Balaban J connectivity index is 1.93. The molecule has 8 heteroatoms. The Hall–Kier alpha value is -2.22. The molecule has 1 amide bonds. The third kappa shape index (κ3) is 3.64. The second-order valence-corrected chi connectivity index (χ2v) is 4.17. The highest BCUT2D eigenvalue weighted by molar-refractivity contribution is 5.91. The Morgan fingerprint density at radius 2 is 2.30 bits per heavy atom. The quantitative estimate of drug-likeness (QED) is 0.825. The highest BCUT2D eigenvalue weighted by Crippen LogP contribution is 2.12. The van der Waals surface area contributed by atoms with E-state index in [1.807, 2.05) is 5.32 Å². The van der Waals surface area contributed by atoms with Gasteiger partial charge in [-0.3, -0.25) is 9.48 Å². The molecular formula is C12H13F2N3O3. The second-order valence-electron chi connectivity index (χ2n) is 4.17. The topological polar surface area (TPSA) is 80.3 Å². The smallest absolute Gasteiger partial charge is 0.287 e. The number of halogens is 2. The molecule has 6 nitrogen and oxygen atoms in total. The van der Waals surface area contributed by atoms with E-state index in [-0.39, 0.29) is 5.76 Å². The molecule has 2 rings (SSSR count). The number of nitrogens with one attached hydrogen (secondary N) is 1. The van der Waals surface area contributed by atoms with Crippen molar-refractivity contribution in [3.05, 3.63) is 42.1 Å². The van der Waals surface area contributed by atoms with Crippen molar-refractivity contribution in [2.24, 2.45) is 0 Å². The van der Waals surface area contributed by atoms with Gasteiger partial charge in [-0.2, -0.15) is 5.10 Å². The number of carbonyl (C=O) groups excluding carboxylic acids is 1. The summed E-state index contributed by atoms with van der Waals surface area (Å²) in [4.78, 5) is 11.6. The van der Waals surface area contributed by atoms with E-state index in [9.17, 15) is 13.6 Å². The molecule has 0 saturated heterocycles. The molecule has 0 unspecified atom stereocenters. The minimum Gasteiger partial charge on any atom is -0.454 e. The molecule has 2 aromatic heterocycles. The van der Waals surface area contributed by atoms with Crippen molar-refractivity contribution in [3.63, 3.8) is 0 Å². The van der Waals surface area contributed by atoms with Crippen LogP contribution in [0.25, 0.3) is 0 Å². The van der Waals surface area contributed by atoms with Crippen molar-refractivity contribution in [2.45, 2.75) is 12.5 Å². The number of nitrogens with zero attached hydrogens (tertiary/aromatic N) is 2. The Kier molecular flexibility index (Phi) is 4.14. The van der Waals surface area contributed by atoms with Gasteiger partial charge in [-0.25, -0.2) is 8.78 Å². The van der Waals surface area contributed by atoms with Crippen LogP contribution in [0.2, 0.25) is 0 Å². The number of furan rings is 1. The predicted molar refractivity (Wildman–Crippen MR) is 64.4 cm³/mol. The van der Waals surface area contributed by atoms with E-state index in [0.717, 1.165) is 0 Å². The third-order valence-electron chi connectivity index (χ3n) is 2.50. The summed E-state index contributed by atoms with van der Waals surface area (Å²) in [5, 5.41) is 14.4. The van der Waals surface area contributed by atoms with Crippen molar-refractivity contribution in [1.82, 2.24) is 15.1 Å². The molecule has 0 saturated carbocycles. The normalized spacial score (nSPS) is 11.6. The van der Waals surface area contributed by atoms with Gasteiger partial charge in [0.1, 0.15) is 12.4 Å². The van der Waals surface area contributed by atoms with Crippen LogP contribution in [0.3, 0.4) is 0 Å². The first-order chi connectivity index (χ1) is 9.50. The van der Waals surface area contributed by atoms with Crippen molar-refractivity contribution < 1.29 is 23.1 Å². The maximum absolute atomic E-state index is 12.8. The SMILES string of the molecule is O=C(NCC(F)(F)CO)c1ccc(Cn2cccn2)o1. The summed E-state index contributed by atoms with van der Waals surface area (Å²) in [6.07, 6.45) is 3.33. The lowest BCUT2D eigenvalue weighted by Gasteiger charge is -2.12. The zero-order valence-corrected chi connectivity index (χ0v) is 10.4. The maximum Gasteiger partial charge on any atom is 0.287 e. The molecule has 0 aliphatic rings. The van der Waals surface area contributed by atoms with Crippen LogP contribution in [-0.2, 0) is 6.54 Å². The lowest BCUT2D eigenvalue weighted by Crippen LogP contribution is -2.38. The molecule has 2 heterocycles. The van der Waals surface area contributed by atoms with Gasteiger partial charge in [0.15, 0.2) is 5.76 Å². The summed E-state index contributed by atoms with van der Waals surface area (Å²) in [5.74, 6) is -3.70. The first-order valence-corrected chi connectivity index (χ1v) is 5.83. The number of hydrogen-bond acceptors (Lipinski definition) is 4. The molecule has 20 heavy (non-hydrogen) atoms. The molecule has 0 aliphatic carbocycles. The second kappa shape index (κ2) is 5.83. The predicted octanol–water partition coefficient (Wildman–Crippen LogP) is 0.882. The molecular weight excluding hydrogens is 272 g/mol. The number of carbonyl (C=O) groups is 1. The average molecular weight is 285 g/mol. The van der Waals surface area contributed by atoms with Crippen LogP contribution in [0.5, 0.6) is 0 Å². The van der Waals surface area contributed by atoms with Gasteiger partial charge in [-0.15, -0.1) is 0 Å². The van der Waals surface area contributed by atoms with Crippen LogP contribution in [0.4, 0.5) is 8.78 Å². The molecule has 2 N–H and O–H groups in total. The van der Waals surface area contributed by atoms with Crippen LogP contribution in [0, 0.1) is 0 Å². The van der Waals surface area contributed by atoms with Gasteiger partial charge in [-0.1, -0.05) is 0 Å². The Morgan fingerprint density at radius 1 is 1.50 bits per heavy atom. The van der Waals surface area contributed by atoms with Crippen molar-refractivity contribution in [1.29, 1.82) is 0 Å². The number of amides is 1. The van der Waals surface area contributed by atoms with Gasteiger partial charge < -0.3 is 14.8 Å². The van der Waals surface area contributed by atoms with E-state index >= 15 is 0 Å². The zero-order chi connectivity index (χ0) is 14.6. The van der Waals surface area contributed by atoms with Gasteiger partial charge in [0, 0.05) is 12.4 Å². The number of hydrogen-bond donors (Lipinski definition) is 2. The third-order valence-corrected chi connectivity index (χ3v) is 2.50. The molecule has 0 atom stereocenters. The standard InChI is InChI=1S/C12H13F2N3O3/c13-12(14,8-18)7-15-11(19)10-3-2-9(20-10)6-17-5-1-4-16-17/h1-5,18H,6-8H2,(H,15,19). The lowest BCUT2D eigenvalue weighted by atomic mass is 10.3. The number of rotatable bonds is 6. The van der Waals surface area contributed by atoms with Crippen LogP contribution >= 0.6 is 0 Å². The fourth-order valence-corrected chi connectivity index (χ4v) is 1.49. The minimum atomic E-state index is -3.35. The van der Waals surface area contributed by atoms with Crippen molar-refractivity contribution in [2.75, 3.05) is 13.2 Å². The summed E-state index contributed by atoms with van der Waals surface area (Å²) < 4.78 is 32.4. The summed E-state index contributed by atoms with van der Waals surface area (Å²) in [5.41, 5.74) is 0. The van der Waals surface area contributed by atoms with E-state index in [0.29, 0.717) is 12.3 Å². The number of alkyl halides is 2. The fourth-order valence-electron chi connectivity index (χ4n) is 1.49. The van der Waals surface area contributed by atoms with Crippen LogP contribution in [0.1, 0.15) is 16.3 Å². The number of aromatic nitrogens is 2. The first-order valence-electron chi connectivity index (χ1n) is 5.83. The van der Waals surface area contributed by atoms with Crippen LogP contribution in [0.15, 0.2) is 35.0 Å². The van der Waals surface area contributed by atoms with E-state index in [1.54, 1.807) is 29.2 Å². The molecule has 0 aliphatic heterocycles. The number of aliphatic hydroxyl groups excluding tert-OH is 1. The molecule has 0 bridgehead atoms. The van der Waals surface area contributed by atoms with Crippen molar-refractivity contribution in [3.8, 4) is 0 Å². The Labute approximate surface area is 113 Å². The summed E-state index contributed by atoms with van der Waals surface area (Å²) in [6, 6.07) is 4.71. The van der Waals surface area contributed by atoms with E-state index in [4.69, 9.17) is 9.52 Å². The summed E-state index contributed by atoms with van der Waals surface area (Å²) >= 11 is 0. The van der Waals surface area contributed by atoms with Gasteiger partial charge in [0.2, 0.25) is 0 Å². The average Bonchev–Trinajstić information content (AvgIpc) is 3.08. The summed E-state index contributed by atoms with van der Waals surface area (Å²) in [6.45, 7) is -1.93. The minimum absolute atomic E-state index is 0.0686. The molecule has 0 radical (unpaired) electrons. The van der Waals surface area contributed by atoms with Crippen LogP contribution < -0.4 is 5.32 Å². The van der Waals surface area contributed by atoms with Gasteiger partial charge in [-0.05, 0) is 18.2 Å². The Morgan fingerprint density at radius 3 is 2.95 bits per heavy atom. The molecule has 108 valence electrons. The molecule has 0 aromatic carbocycles. The fraction of sp³-hybridized carbons (Fsp3) is 0.333. The number of aliphatic hydroxyl groups is 1. The maximum atomic E-state index is 12.8. The lowest BCUT2D eigenvalue weighted by molar-refractivity contribution is -0.0463. The molecule has 0 fully saturated rings. The Bertz CT molecular complexity index is 566. The van der Waals surface area contributed by atoms with E-state index in [2.05, 4.69) is 5.10 Å². The largest absolute Gasteiger partial charge is 0.454 e. The highest BCUT2D eigenvalue weighted by Gasteiger charge is 2.28. The van der Waals surface area contributed by atoms with Gasteiger partial charge in [0.25, 0.3) is 11.8 Å². The molecule has 2 aromatic rings. The van der Waals surface area contributed by atoms with E-state index < -0.39 is 25.0 Å². The first kappa shape index (κ1) is 14.2. The van der Waals surface area contributed by atoms with E-state index in [1.165, 1.54) is 6.07 Å². The highest BCUT2D eigenvalue weighted by atomic mass is 19.3. The zero-order valence-electron chi connectivity index (χ0n) is 10.4. The summed E-state index contributed by atoms with van der Waals surface area (Å²) in [7, 11) is 0. The molecule has 0 spiro atoms. The van der Waals surface area contributed by atoms with Crippen LogP contribution in [-0.4, -0.2) is 39.9 Å². The van der Waals surface area contributed by atoms with Gasteiger partial charge in [0.05, 0.1) is 13.1 Å². The van der Waals surface area contributed by atoms with Gasteiger partial charge >= 0.3 is 0 Å². The monoisotopic (exact) mass is 285 g/mol.